The van der Waals surface area contributed by atoms with Crippen LogP contribution in [0.4, 0.5) is 4.79 Å². The normalized spacial score (nSPS) is 13.2. The summed E-state index contributed by atoms with van der Waals surface area (Å²) in [6.07, 6.45) is 1.91. The predicted octanol–water partition coefficient (Wildman–Crippen LogP) is 0.691. The van der Waals surface area contributed by atoms with Gasteiger partial charge in [0.15, 0.2) is 0 Å². The van der Waals surface area contributed by atoms with Gasteiger partial charge in [0, 0.05) is 13.0 Å². The molecule has 0 saturated heterocycles. The Morgan fingerprint density at radius 3 is 2.50 bits per heavy atom. The van der Waals surface area contributed by atoms with E-state index in [1.807, 2.05) is 13.2 Å². The number of esters is 1. The minimum atomic E-state index is -1.18. The van der Waals surface area contributed by atoms with Gasteiger partial charge in [0.2, 0.25) is 0 Å². The van der Waals surface area contributed by atoms with Gasteiger partial charge < -0.3 is 20.5 Å². The molecule has 116 valence electrons. The van der Waals surface area contributed by atoms with Crippen molar-refractivity contribution in [2.24, 2.45) is 5.92 Å². The highest BCUT2D eigenvalue weighted by atomic mass is 32.2. The van der Waals surface area contributed by atoms with Gasteiger partial charge in [-0.15, -0.1) is 0 Å². The van der Waals surface area contributed by atoms with E-state index in [1.165, 1.54) is 7.11 Å². The molecule has 1 unspecified atom stereocenters. The average molecular weight is 306 g/mol. The van der Waals surface area contributed by atoms with E-state index in [1.54, 1.807) is 11.8 Å². The first kappa shape index (κ1) is 18.6. The van der Waals surface area contributed by atoms with Gasteiger partial charge in [-0.05, 0) is 24.3 Å². The number of nitrogens with one attached hydrogen (secondary N) is 2. The zero-order chi connectivity index (χ0) is 15.5. The smallest absolute Gasteiger partial charge is 0.326 e. The first-order valence-electron chi connectivity index (χ1n) is 6.23. The van der Waals surface area contributed by atoms with Crippen molar-refractivity contribution in [3.63, 3.8) is 0 Å². The Kier molecular flexibility index (Phi) is 9.61. The molecule has 0 aliphatic heterocycles. The number of carboxylic acid groups (broad SMARTS) is 1. The van der Waals surface area contributed by atoms with Crippen molar-refractivity contribution >= 4 is 29.7 Å². The molecule has 0 rings (SSSR count). The van der Waals surface area contributed by atoms with Gasteiger partial charge in [-0.2, -0.15) is 11.8 Å². The predicted molar refractivity (Wildman–Crippen MR) is 76.8 cm³/mol. The summed E-state index contributed by atoms with van der Waals surface area (Å²) in [6, 6.07) is -1.65. The summed E-state index contributed by atoms with van der Waals surface area (Å²) >= 11 is 1.68. The van der Waals surface area contributed by atoms with Crippen LogP contribution < -0.4 is 10.6 Å². The van der Waals surface area contributed by atoms with Crippen LogP contribution in [0.25, 0.3) is 0 Å². The molecule has 0 aromatic heterocycles. The molecule has 3 N–H and O–H groups in total. The monoisotopic (exact) mass is 306 g/mol. The molecule has 7 nitrogen and oxygen atoms in total. The van der Waals surface area contributed by atoms with Crippen LogP contribution >= 0.6 is 11.8 Å². The average Bonchev–Trinajstić information content (AvgIpc) is 2.40. The molecule has 0 aliphatic carbocycles. The number of carbonyl (C=O) groups is 3. The number of aliphatic carboxylic acids is 1. The van der Waals surface area contributed by atoms with Crippen molar-refractivity contribution in [3.8, 4) is 0 Å². The molecule has 2 amide bonds. The summed E-state index contributed by atoms with van der Waals surface area (Å²) in [5.74, 6) is -0.479. The molecular formula is C12H22N2O5S. The van der Waals surface area contributed by atoms with Crippen molar-refractivity contribution in [2.45, 2.75) is 25.8 Å². The maximum Gasteiger partial charge on any atom is 0.326 e. The van der Waals surface area contributed by atoms with Crippen LogP contribution in [0.15, 0.2) is 0 Å². The number of carboxylic acids is 1. The van der Waals surface area contributed by atoms with Gasteiger partial charge in [-0.3, -0.25) is 4.79 Å². The summed E-state index contributed by atoms with van der Waals surface area (Å²) in [6.45, 7) is 2.46. The van der Waals surface area contributed by atoms with Crippen molar-refractivity contribution in [1.82, 2.24) is 10.6 Å². The maximum atomic E-state index is 11.6. The number of carbonyl (C=O) groups excluding carboxylic acids is 2. The molecule has 0 aliphatic rings. The molecule has 0 radical (unpaired) electrons. The van der Waals surface area contributed by atoms with Crippen molar-refractivity contribution in [2.75, 3.05) is 25.7 Å². The fourth-order valence-electron chi connectivity index (χ4n) is 1.44. The summed E-state index contributed by atoms with van der Waals surface area (Å²) in [5.41, 5.74) is 0. The number of hydrogen-bond acceptors (Lipinski definition) is 5. The quantitative estimate of drug-likeness (QED) is 0.541. The molecule has 0 fully saturated rings. The van der Waals surface area contributed by atoms with Crippen molar-refractivity contribution in [1.29, 1.82) is 0 Å². The zero-order valence-corrected chi connectivity index (χ0v) is 12.8. The van der Waals surface area contributed by atoms with Crippen LogP contribution in [0.2, 0.25) is 0 Å². The standard InChI is InChI=1S/C12H22N2O5S/c1-8(7-20-3)6-13-12(18)14-9(11(16)17)4-5-10(15)19-2/h8-9H,4-7H2,1-3H3,(H,16,17)(H2,13,14,18)/t8?,9-/m1/s1. The van der Waals surface area contributed by atoms with E-state index in [0.717, 1.165) is 5.75 Å². The van der Waals surface area contributed by atoms with E-state index in [2.05, 4.69) is 15.4 Å². The molecule has 0 heterocycles. The van der Waals surface area contributed by atoms with E-state index in [4.69, 9.17) is 5.11 Å². The first-order chi connectivity index (χ1) is 9.40. The third kappa shape index (κ3) is 8.63. The lowest BCUT2D eigenvalue weighted by atomic mass is 10.1. The van der Waals surface area contributed by atoms with Crippen molar-refractivity contribution in [3.05, 3.63) is 0 Å². The third-order valence-electron chi connectivity index (χ3n) is 2.53. The minimum Gasteiger partial charge on any atom is -0.480 e. The van der Waals surface area contributed by atoms with E-state index in [-0.39, 0.29) is 12.8 Å². The van der Waals surface area contributed by atoms with Crippen LogP contribution in [0.5, 0.6) is 0 Å². The number of rotatable bonds is 9. The molecule has 2 atom stereocenters. The lowest BCUT2D eigenvalue weighted by molar-refractivity contribution is -0.142. The second-order valence-electron chi connectivity index (χ2n) is 4.42. The summed E-state index contributed by atoms with van der Waals surface area (Å²) in [7, 11) is 1.23. The SMILES string of the molecule is COC(=O)CC[C@@H](NC(=O)NCC(C)CSC)C(=O)O. The van der Waals surface area contributed by atoms with Gasteiger partial charge in [0.05, 0.1) is 7.11 Å². The summed E-state index contributed by atoms with van der Waals surface area (Å²) in [4.78, 5) is 33.5. The fourth-order valence-corrected chi connectivity index (χ4v) is 2.13. The van der Waals surface area contributed by atoms with E-state index in [9.17, 15) is 14.4 Å². The van der Waals surface area contributed by atoms with Gasteiger partial charge >= 0.3 is 18.0 Å². The van der Waals surface area contributed by atoms with Gasteiger partial charge in [-0.25, -0.2) is 9.59 Å². The number of thioether (sulfide) groups is 1. The Morgan fingerprint density at radius 1 is 1.35 bits per heavy atom. The maximum absolute atomic E-state index is 11.6. The van der Waals surface area contributed by atoms with Gasteiger partial charge in [-0.1, -0.05) is 6.92 Å². The lowest BCUT2D eigenvalue weighted by Gasteiger charge is -2.16. The van der Waals surface area contributed by atoms with Crippen LogP contribution in [0.3, 0.4) is 0 Å². The molecular weight excluding hydrogens is 284 g/mol. The number of amides is 2. The number of urea groups is 1. The highest BCUT2D eigenvalue weighted by molar-refractivity contribution is 7.98. The summed E-state index contributed by atoms with van der Waals surface area (Å²) in [5, 5.41) is 13.9. The Morgan fingerprint density at radius 2 is 2.00 bits per heavy atom. The Balaban J connectivity index is 4.14. The molecule has 0 saturated carbocycles. The van der Waals surface area contributed by atoms with E-state index >= 15 is 0 Å². The number of methoxy groups -OCH3 is 1. The highest BCUT2D eigenvalue weighted by Crippen LogP contribution is 2.03. The minimum absolute atomic E-state index is 0.00417. The molecule has 0 aromatic rings. The van der Waals surface area contributed by atoms with Gasteiger partial charge in [0.1, 0.15) is 6.04 Å². The Hall–Kier alpha value is -1.44. The fraction of sp³-hybridized carbons (Fsp3) is 0.750. The first-order valence-corrected chi connectivity index (χ1v) is 7.63. The molecule has 0 bridgehead atoms. The van der Waals surface area contributed by atoms with Gasteiger partial charge in [0.25, 0.3) is 0 Å². The third-order valence-corrected chi connectivity index (χ3v) is 3.43. The van der Waals surface area contributed by atoms with Crippen molar-refractivity contribution < 1.29 is 24.2 Å². The van der Waals surface area contributed by atoms with Crippen LogP contribution in [0, 0.1) is 5.92 Å². The molecule has 8 heteroatoms. The summed E-state index contributed by atoms with van der Waals surface area (Å²) < 4.78 is 4.43. The number of hydrogen-bond donors (Lipinski definition) is 3. The van der Waals surface area contributed by atoms with Crippen LogP contribution in [0.1, 0.15) is 19.8 Å². The Bertz CT molecular complexity index is 338. The molecule has 20 heavy (non-hydrogen) atoms. The van der Waals surface area contributed by atoms with E-state index < -0.39 is 24.0 Å². The lowest BCUT2D eigenvalue weighted by Crippen LogP contribution is -2.47. The molecule has 0 spiro atoms. The second-order valence-corrected chi connectivity index (χ2v) is 5.33. The molecule has 0 aromatic carbocycles. The van der Waals surface area contributed by atoms with Crippen LogP contribution in [-0.2, 0) is 14.3 Å². The second kappa shape index (κ2) is 10.4. The topological polar surface area (TPSA) is 105 Å². The Labute approximate surface area is 122 Å². The van der Waals surface area contributed by atoms with Crippen LogP contribution in [-0.4, -0.2) is 54.8 Å². The highest BCUT2D eigenvalue weighted by Gasteiger charge is 2.21. The van der Waals surface area contributed by atoms with E-state index in [0.29, 0.717) is 12.5 Å². The zero-order valence-electron chi connectivity index (χ0n) is 12.0. The number of ether oxygens (including phenoxy) is 1. The largest absolute Gasteiger partial charge is 0.480 e.